The Morgan fingerprint density at radius 1 is 1.26 bits per heavy atom. The van der Waals surface area contributed by atoms with Gasteiger partial charge in [-0.15, -0.1) is 0 Å². The second-order valence-electron chi connectivity index (χ2n) is 3.80. The molecule has 0 aliphatic carbocycles. The number of nitrogens with zero attached hydrogens (tertiary/aromatic N) is 3. The Morgan fingerprint density at radius 2 is 2.16 bits per heavy atom. The van der Waals surface area contributed by atoms with Crippen LogP contribution >= 0.6 is 11.8 Å². The number of nitrogens with two attached hydrogens (primary N) is 1. The van der Waals surface area contributed by atoms with Crippen LogP contribution in [0, 0.1) is 11.3 Å². The zero-order valence-electron chi connectivity index (χ0n) is 9.70. The molecule has 0 radical (unpaired) electrons. The number of nitriles is 1. The summed E-state index contributed by atoms with van der Waals surface area (Å²) in [6.07, 6.45) is 1.62. The lowest BCUT2D eigenvalue weighted by Crippen LogP contribution is -1.81. The third kappa shape index (κ3) is 2.37. The highest BCUT2D eigenvalue weighted by atomic mass is 32.2. The zero-order valence-corrected chi connectivity index (χ0v) is 10.5. The van der Waals surface area contributed by atoms with Crippen molar-refractivity contribution in [1.82, 2.24) is 9.97 Å². The predicted octanol–water partition coefficient (Wildman–Crippen LogP) is 2.83. The van der Waals surface area contributed by atoms with Crippen molar-refractivity contribution in [2.45, 2.75) is 10.1 Å². The summed E-state index contributed by atoms with van der Waals surface area (Å²) in [5, 5.41) is 9.20. The van der Waals surface area contributed by atoms with Crippen LogP contribution in [0.3, 0.4) is 0 Å². The number of anilines is 1. The van der Waals surface area contributed by atoms with Gasteiger partial charge < -0.3 is 10.2 Å². The summed E-state index contributed by atoms with van der Waals surface area (Å²) in [5.74, 6) is 0. The molecule has 3 aromatic rings. The first kappa shape index (κ1) is 11.6. The molecule has 6 heteroatoms. The highest BCUT2D eigenvalue weighted by molar-refractivity contribution is 7.99. The number of oxazole rings is 1. The minimum Gasteiger partial charge on any atom is -0.431 e. The van der Waals surface area contributed by atoms with Gasteiger partial charge in [0.05, 0.1) is 0 Å². The van der Waals surface area contributed by atoms with Crippen LogP contribution in [-0.2, 0) is 0 Å². The molecule has 0 fully saturated rings. The van der Waals surface area contributed by atoms with Gasteiger partial charge in [-0.05, 0) is 36.0 Å². The van der Waals surface area contributed by atoms with Gasteiger partial charge in [0.25, 0.3) is 5.22 Å². The van der Waals surface area contributed by atoms with E-state index in [1.54, 1.807) is 30.5 Å². The van der Waals surface area contributed by atoms with Gasteiger partial charge >= 0.3 is 0 Å². The molecule has 0 saturated carbocycles. The van der Waals surface area contributed by atoms with Crippen LogP contribution in [0.4, 0.5) is 5.69 Å². The first-order valence-electron chi connectivity index (χ1n) is 5.45. The molecule has 0 bridgehead atoms. The van der Waals surface area contributed by atoms with Crippen LogP contribution in [0.25, 0.3) is 11.1 Å². The molecule has 2 heterocycles. The minimum atomic E-state index is 0.384. The van der Waals surface area contributed by atoms with Crippen molar-refractivity contribution in [3.8, 4) is 6.07 Å². The number of nitrogen functional groups attached to an aromatic ring is 1. The first-order valence-corrected chi connectivity index (χ1v) is 6.26. The topological polar surface area (TPSA) is 88.7 Å². The summed E-state index contributed by atoms with van der Waals surface area (Å²) in [6, 6.07) is 10.8. The fourth-order valence-electron chi connectivity index (χ4n) is 1.57. The van der Waals surface area contributed by atoms with Crippen LogP contribution < -0.4 is 5.73 Å². The second-order valence-corrected chi connectivity index (χ2v) is 4.82. The number of hydrogen-bond acceptors (Lipinski definition) is 6. The fourth-order valence-corrected chi connectivity index (χ4v) is 2.29. The summed E-state index contributed by atoms with van der Waals surface area (Å²) < 4.78 is 5.59. The highest BCUT2D eigenvalue weighted by Gasteiger charge is 2.08. The Morgan fingerprint density at radius 3 is 2.89 bits per heavy atom. The average molecular weight is 268 g/mol. The Balaban J connectivity index is 1.90. The molecule has 0 aliphatic heterocycles. The maximum Gasteiger partial charge on any atom is 0.261 e. The van der Waals surface area contributed by atoms with Gasteiger partial charge in [-0.2, -0.15) is 5.26 Å². The van der Waals surface area contributed by atoms with E-state index in [0.29, 0.717) is 22.2 Å². The third-order valence-electron chi connectivity index (χ3n) is 2.45. The Bertz CT molecular complexity index is 773. The molecule has 2 N–H and O–H groups in total. The lowest BCUT2D eigenvalue weighted by atomic mass is 10.3. The van der Waals surface area contributed by atoms with Crippen molar-refractivity contribution >= 4 is 28.5 Å². The number of hydrogen-bond donors (Lipinski definition) is 1. The Labute approximate surface area is 113 Å². The molecule has 0 aliphatic rings. The summed E-state index contributed by atoms with van der Waals surface area (Å²) >= 11 is 1.35. The van der Waals surface area contributed by atoms with E-state index in [0.717, 1.165) is 10.4 Å². The van der Waals surface area contributed by atoms with Gasteiger partial charge in [0, 0.05) is 22.8 Å². The molecule has 0 unspecified atom stereocenters. The number of benzene rings is 1. The maximum absolute atomic E-state index is 8.68. The molecule has 1 aromatic carbocycles. The predicted molar refractivity (Wildman–Crippen MR) is 71.5 cm³/mol. The van der Waals surface area contributed by atoms with E-state index in [-0.39, 0.29) is 0 Å². The van der Waals surface area contributed by atoms with Gasteiger partial charge in [-0.3, -0.25) is 0 Å². The Kier molecular flexibility index (Phi) is 2.82. The first-order chi connectivity index (χ1) is 9.24. The number of pyridine rings is 1. The van der Waals surface area contributed by atoms with Crippen LogP contribution in [-0.4, -0.2) is 9.97 Å². The average Bonchev–Trinajstić information content (AvgIpc) is 2.81. The molecule has 2 aromatic heterocycles. The molecule has 0 spiro atoms. The van der Waals surface area contributed by atoms with Crippen molar-refractivity contribution in [2.24, 2.45) is 0 Å². The van der Waals surface area contributed by atoms with Crippen molar-refractivity contribution < 1.29 is 4.42 Å². The van der Waals surface area contributed by atoms with Crippen LogP contribution in [0.5, 0.6) is 0 Å². The van der Waals surface area contributed by atoms with Gasteiger partial charge in [0.2, 0.25) is 0 Å². The summed E-state index contributed by atoms with van der Waals surface area (Å²) in [7, 11) is 0. The Hall–Kier alpha value is -2.52. The molecular weight excluding hydrogens is 260 g/mol. The van der Waals surface area contributed by atoms with Gasteiger partial charge in [-0.25, -0.2) is 9.97 Å². The van der Waals surface area contributed by atoms with Crippen LogP contribution in [0.2, 0.25) is 0 Å². The molecule has 0 atom stereocenters. The molecular formula is C13H8N4OS. The second kappa shape index (κ2) is 4.63. The normalized spacial score (nSPS) is 10.5. The van der Waals surface area contributed by atoms with E-state index in [4.69, 9.17) is 15.4 Å². The van der Waals surface area contributed by atoms with E-state index in [9.17, 15) is 0 Å². The zero-order chi connectivity index (χ0) is 13.2. The largest absolute Gasteiger partial charge is 0.431 e. The smallest absolute Gasteiger partial charge is 0.261 e. The molecule has 3 rings (SSSR count). The van der Waals surface area contributed by atoms with Crippen LogP contribution in [0.1, 0.15) is 5.69 Å². The van der Waals surface area contributed by atoms with Gasteiger partial charge in [0.1, 0.15) is 17.3 Å². The number of fused-ring (bicyclic) bond motifs is 1. The molecule has 92 valence electrons. The van der Waals surface area contributed by atoms with E-state index in [1.165, 1.54) is 11.8 Å². The quantitative estimate of drug-likeness (QED) is 0.719. The lowest BCUT2D eigenvalue weighted by Gasteiger charge is -1.95. The third-order valence-corrected chi connectivity index (χ3v) is 3.28. The summed E-state index contributed by atoms with van der Waals surface area (Å²) in [5.41, 5.74) is 8.12. The number of rotatable bonds is 2. The minimum absolute atomic E-state index is 0.384. The van der Waals surface area contributed by atoms with E-state index >= 15 is 0 Å². The van der Waals surface area contributed by atoms with E-state index < -0.39 is 0 Å². The van der Waals surface area contributed by atoms with Crippen molar-refractivity contribution in [1.29, 1.82) is 5.26 Å². The van der Waals surface area contributed by atoms with Crippen LogP contribution in [0.15, 0.2) is 51.1 Å². The molecule has 19 heavy (non-hydrogen) atoms. The molecule has 0 amide bonds. The van der Waals surface area contributed by atoms with Crippen molar-refractivity contribution in [3.05, 3.63) is 42.2 Å². The molecule has 0 saturated heterocycles. The van der Waals surface area contributed by atoms with Gasteiger partial charge in [-0.1, -0.05) is 0 Å². The summed E-state index contributed by atoms with van der Waals surface area (Å²) in [6.45, 7) is 0. The summed E-state index contributed by atoms with van der Waals surface area (Å²) in [4.78, 5) is 9.19. The van der Waals surface area contributed by atoms with E-state index in [1.807, 2.05) is 12.1 Å². The highest BCUT2D eigenvalue weighted by Crippen LogP contribution is 2.30. The number of aromatic nitrogens is 2. The van der Waals surface area contributed by atoms with Crippen molar-refractivity contribution in [3.63, 3.8) is 0 Å². The molecule has 5 nitrogen and oxygen atoms in total. The SMILES string of the molecule is N#Cc1ccc(Sc2nc3ccc(N)cc3o2)cn1. The monoisotopic (exact) mass is 268 g/mol. The maximum atomic E-state index is 8.68. The lowest BCUT2D eigenvalue weighted by molar-refractivity contribution is 0.489. The van der Waals surface area contributed by atoms with Crippen molar-refractivity contribution in [2.75, 3.05) is 5.73 Å². The van der Waals surface area contributed by atoms with Gasteiger partial charge in [0.15, 0.2) is 5.58 Å². The van der Waals surface area contributed by atoms with E-state index in [2.05, 4.69) is 9.97 Å². The fraction of sp³-hybridized carbons (Fsp3) is 0. The standard InChI is InChI=1S/C13H8N4OS/c14-6-9-2-3-10(7-16-9)19-13-17-11-4-1-8(15)5-12(11)18-13/h1-5,7H,15H2.